The van der Waals surface area contributed by atoms with Crippen molar-refractivity contribution < 1.29 is 9.59 Å². The van der Waals surface area contributed by atoms with Gasteiger partial charge in [0.2, 0.25) is 11.8 Å². The van der Waals surface area contributed by atoms with Crippen LogP contribution in [0.15, 0.2) is 0 Å². The molecule has 0 aliphatic heterocycles. The number of likely N-dealkylation sites (N-methyl/N-ethyl adjacent to an activating group) is 1. The summed E-state index contributed by atoms with van der Waals surface area (Å²) in [4.78, 5) is 26.5. The van der Waals surface area contributed by atoms with E-state index in [0.717, 1.165) is 25.7 Å². The Hall–Kier alpha value is -1.17. The van der Waals surface area contributed by atoms with Crippen LogP contribution in [-0.4, -0.2) is 41.3 Å². The van der Waals surface area contributed by atoms with Gasteiger partial charge in [0.05, 0.1) is 16.9 Å². The Kier molecular flexibility index (Phi) is 7.08. The van der Waals surface area contributed by atoms with E-state index in [1.165, 1.54) is 0 Å². The zero-order chi connectivity index (χ0) is 15.9. The van der Waals surface area contributed by atoms with E-state index in [-0.39, 0.29) is 23.3 Å². The molecule has 0 spiro atoms. The molecule has 0 aromatic heterocycles. The molecule has 0 radical (unpaired) electrons. The normalized spacial score (nSPS) is 17.6. The first-order valence-electron chi connectivity index (χ1n) is 7.84. The SMILES string of the molecule is CCN(CC)C(=O)CNC(=O)C1(C(N)=S)CCCCCC1. The van der Waals surface area contributed by atoms with Crippen molar-refractivity contribution in [3.8, 4) is 0 Å². The molecule has 1 saturated carbocycles. The maximum absolute atomic E-state index is 12.6. The highest BCUT2D eigenvalue weighted by Gasteiger charge is 2.41. The summed E-state index contributed by atoms with van der Waals surface area (Å²) in [6.45, 7) is 5.15. The predicted molar refractivity (Wildman–Crippen MR) is 87.9 cm³/mol. The van der Waals surface area contributed by atoms with Crippen LogP contribution in [0.5, 0.6) is 0 Å². The lowest BCUT2D eigenvalue weighted by molar-refractivity contribution is -0.134. The minimum Gasteiger partial charge on any atom is -0.392 e. The van der Waals surface area contributed by atoms with Crippen molar-refractivity contribution in [2.45, 2.75) is 52.4 Å². The quantitative estimate of drug-likeness (QED) is 0.577. The van der Waals surface area contributed by atoms with E-state index >= 15 is 0 Å². The molecular formula is C15H27N3O2S. The number of nitrogens with two attached hydrogens (primary N) is 1. The van der Waals surface area contributed by atoms with Crippen LogP contribution in [0.3, 0.4) is 0 Å². The molecule has 0 atom stereocenters. The monoisotopic (exact) mass is 313 g/mol. The molecule has 1 fully saturated rings. The van der Waals surface area contributed by atoms with Crippen LogP contribution in [-0.2, 0) is 9.59 Å². The first kappa shape index (κ1) is 17.9. The Morgan fingerprint density at radius 2 is 1.67 bits per heavy atom. The largest absolute Gasteiger partial charge is 0.392 e. The van der Waals surface area contributed by atoms with Crippen molar-refractivity contribution in [2.75, 3.05) is 19.6 Å². The zero-order valence-corrected chi connectivity index (χ0v) is 13.9. The fourth-order valence-electron chi connectivity index (χ4n) is 2.93. The number of carbonyl (C=O) groups excluding carboxylic acids is 2. The molecule has 5 nitrogen and oxygen atoms in total. The van der Waals surface area contributed by atoms with E-state index in [9.17, 15) is 9.59 Å². The van der Waals surface area contributed by atoms with Crippen LogP contribution in [0.2, 0.25) is 0 Å². The average molecular weight is 313 g/mol. The van der Waals surface area contributed by atoms with Crippen molar-refractivity contribution >= 4 is 29.0 Å². The standard InChI is InChI=1S/C15H27N3O2S/c1-3-18(4-2)12(19)11-17-14(20)15(13(16)21)9-7-5-6-8-10-15/h3-11H2,1-2H3,(H2,16,21)(H,17,20). The van der Waals surface area contributed by atoms with Gasteiger partial charge in [0.15, 0.2) is 0 Å². The van der Waals surface area contributed by atoms with E-state index < -0.39 is 5.41 Å². The average Bonchev–Trinajstić information content (AvgIpc) is 2.72. The summed E-state index contributed by atoms with van der Waals surface area (Å²) in [5, 5.41) is 2.75. The topological polar surface area (TPSA) is 75.4 Å². The van der Waals surface area contributed by atoms with Crippen LogP contribution in [0.25, 0.3) is 0 Å². The first-order chi connectivity index (χ1) is 9.97. The highest BCUT2D eigenvalue weighted by atomic mass is 32.1. The summed E-state index contributed by atoms with van der Waals surface area (Å²) in [6, 6.07) is 0. The number of carbonyl (C=O) groups is 2. The van der Waals surface area contributed by atoms with Gasteiger partial charge in [0, 0.05) is 13.1 Å². The Morgan fingerprint density at radius 1 is 1.14 bits per heavy atom. The van der Waals surface area contributed by atoms with Gasteiger partial charge in [-0.05, 0) is 26.7 Å². The smallest absolute Gasteiger partial charge is 0.241 e. The molecular weight excluding hydrogens is 286 g/mol. The van der Waals surface area contributed by atoms with E-state index in [4.69, 9.17) is 18.0 Å². The number of thiocarbonyl (C=S) groups is 1. The number of amides is 2. The molecule has 2 amide bonds. The molecule has 120 valence electrons. The first-order valence-corrected chi connectivity index (χ1v) is 8.24. The molecule has 21 heavy (non-hydrogen) atoms. The number of nitrogens with zero attached hydrogens (tertiary/aromatic N) is 1. The number of hydrogen-bond acceptors (Lipinski definition) is 3. The third-order valence-corrected chi connectivity index (χ3v) is 4.77. The van der Waals surface area contributed by atoms with Crippen LogP contribution >= 0.6 is 12.2 Å². The van der Waals surface area contributed by atoms with Crippen molar-refractivity contribution in [2.24, 2.45) is 11.1 Å². The molecule has 6 heteroatoms. The molecule has 1 aliphatic rings. The van der Waals surface area contributed by atoms with Crippen LogP contribution < -0.4 is 11.1 Å². The predicted octanol–water partition coefficient (Wildman–Crippen LogP) is 1.60. The molecule has 1 rings (SSSR count). The minimum absolute atomic E-state index is 0.0187. The van der Waals surface area contributed by atoms with Gasteiger partial charge in [-0.1, -0.05) is 37.9 Å². The minimum atomic E-state index is -0.768. The Bertz CT molecular complexity index is 386. The van der Waals surface area contributed by atoms with Crippen LogP contribution in [0.4, 0.5) is 0 Å². The van der Waals surface area contributed by atoms with E-state index in [1.54, 1.807) is 4.90 Å². The van der Waals surface area contributed by atoms with E-state index in [2.05, 4.69) is 5.32 Å². The molecule has 1 aliphatic carbocycles. The lowest BCUT2D eigenvalue weighted by Crippen LogP contribution is -2.51. The van der Waals surface area contributed by atoms with Crippen molar-refractivity contribution in [1.29, 1.82) is 0 Å². The maximum Gasteiger partial charge on any atom is 0.241 e. The molecule has 3 N–H and O–H groups in total. The Balaban J connectivity index is 2.70. The summed E-state index contributed by atoms with van der Waals surface area (Å²) in [7, 11) is 0. The van der Waals surface area contributed by atoms with Crippen molar-refractivity contribution in [3.63, 3.8) is 0 Å². The van der Waals surface area contributed by atoms with Crippen molar-refractivity contribution in [1.82, 2.24) is 10.2 Å². The third kappa shape index (κ3) is 4.40. The molecule has 0 bridgehead atoms. The molecule has 0 aromatic carbocycles. The lowest BCUT2D eigenvalue weighted by atomic mass is 9.79. The van der Waals surface area contributed by atoms with E-state index in [0.29, 0.717) is 25.9 Å². The van der Waals surface area contributed by atoms with E-state index in [1.807, 2.05) is 13.8 Å². The molecule has 0 saturated heterocycles. The number of nitrogens with one attached hydrogen (secondary N) is 1. The fraction of sp³-hybridized carbons (Fsp3) is 0.800. The van der Waals surface area contributed by atoms with Crippen molar-refractivity contribution in [3.05, 3.63) is 0 Å². The van der Waals surface area contributed by atoms with Crippen LogP contribution in [0.1, 0.15) is 52.4 Å². The summed E-state index contributed by atoms with van der Waals surface area (Å²) >= 11 is 5.16. The highest BCUT2D eigenvalue weighted by molar-refractivity contribution is 7.80. The zero-order valence-electron chi connectivity index (χ0n) is 13.1. The lowest BCUT2D eigenvalue weighted by Gasteiger charge is -2.30. The van der Waals surface area contributed by atoms with Gasteiger partial charge in [0.25, 0.3) is 0 Å². The molecule has 0 unspecified atom stereocenters. The third-order valence-electron chi connectivity index (χ3n) is 4.38. The number of rotatable bonds is 6. The van der Waals surface area contributed by atoms with Gasteiger partial charge >= 0.3 is 0 Å². The van der Waals surface area contributed by atoms with Gasteiger partial charge in [-0.3, -0.25) is 9.59 Å². The van der Waals surface area contributed by atoms with Gasteiger partial charge in [-0.2, -0.15) is 0 Å². The fourth-order valence-corrected chi connectivity index (χ4v) is 3.23. The van der Waals surface area contributed by atoms with Crippen LogP contribution in [0, 0.1) is 5.41 Å². The summed E-state index contributed by atoms with van der Waals surface area (Å²) < 4.78 is 0. The van der Waals surface area contributed by atoms with Gasteiger partial charge in [-0.25, -0.2) is 0 Å². The Labute approximate surface area is 132 Å². The second-order valence-electron chi connectivity index (χ2n) is 5.61. The highest BCUT2D eigenvalue weighted by Crippen LogP contribution is 2.35. The van der Waals surface area contributed by atoms with Gasteiger partial charge in [-0.15, -0.1) is 0 Å². The molecule has 0 aromatic rings. The number of hydrogen-bond donors (Lipinski definition) is 2. The Morgan fingerprint density at radius 3 is 2.10 bits per heavy atom. The summed E-state index contributed by atoms with van der Waals surface area (Å²) in [5.41, 5.74) is 5.10. The maximum atomic E-state index is 12.6. The molecule has 0 heterocycles. The second-order valence-corrected chi connectivity index (χ2v) is 6.05. The summed E-state index contributed by atoms with van der Waals surface area (Å²) in [5.74, 6) is -0.252. The second kappa shape index (κ2) is 8.32. The van der Waals surface area contributed by atoms with Gasteiger partial charge < -0.3 is 16.0 Å². The summed E-state index contributed by atoms with van der Waals surface area (Å²) in [6.07, 6.45) is 5.50. The van der Waals surface area contributed by atoms with Gasteiger partial charge in [0.1, 0.15) is 0 Å².